The predicted octanol–water partition coefficient (Wildman–Crippen LogP) is 15.9. The average Bonchev–Trinajstić information content (AvgIpc) is 1.72. The molecule has 6 amide bonds. The van der Waals surface area contributed by atoms with E-state index < -0.39 is 12.2 Å². The first-order valence-corrected chi connectivity index (χ1v) is 37.3. The summed E-state index contributed by atoms with van der Waals surface area (Å²) in [5.74, 6) is 3.25. The van der Waals surface area contributed by atoms with E-state index in [1.807, 2.05) is 132 Å². The maximum absolute atomic E-state index is 12.2. The van der Waals surface area contributed by atoms with Crippen LogP contribution in [0.4, 0.5) is 0 Å². The van der Waals surface area contributed by atoms with E-state index in [-0.39, 0.29) is 98.5 Å². The monoisotopic (exact) mass is 1420 g/mol. The second kappa shape index (κ2) is 48.7. The molecule has 18 heteroatoms. The van der Waals surface area contributed by atoms with Gasteiger partial charge in [0.05, 0.1) is 39.6 Å². The molecule has 4 aliphatic rings. The number of amides is 6. The van der Waals surface area contributed by atoms with Gasteiger partial charge in [0, 0.05) is 39.7 Å². The number of carbonyl (C=O) groups excluding carboxylic acids is 6. The van der Waals surface area contributed by atoms with Gasteiger partial charge >= 0.3 is 0 Å². The highest BCUT2D eigenvalue weighted by atomic mass is 16.5. The molecule has 4 fully saturated rings. The number of ether oxygens (including phenoxy) is 6. The van der Waals surface area contributed by atoms with Crippen LogP contribution in [0.3, 0.4) is 0 Å². The Balaban J connectivity index is 0. The van der Waals surface area contributed by atoms with Crippen molar-refractivity contribution >= 4 is 35.4 Å². The van der Waals surface area contributed by atoms with Crippen molar-refractivity contribution < 1.29 is 57.2 Å². The molecule has 6 N–H and O–H groups in total. The molecule has 18 nitrogen and oxygen atoms in total. The summed E-state index contributed by atoms with van der Waals surface area (Å²) < 4.78 is 33.3. The van der Waals surface area contributed by atoms with Gasteiger partial charge in [-0.05, 0) is 205 Å². The number of carbonyl (C=O) groups is 6. The molecular formula is C83H150N6O12. The molecule has 584 valence electrons. The summed E-state index contributed by atoms with van der Waals surface area (Å²) in [4.78, 5) is 72.2. The normalized spacial score (nSPS) is 17.9. The molecule has 0 spiro atoms. The zero-order valence-corrected chi connectivity index (χ0v) is 68.2. The van der Waals surface area contributed by atoms with Crippen molar-refractivity contribution in [3.8, 4) is 0 Å². The molecule has 0 aromatic rings. The standard InChI is InChI=1S/C15H27NO2.2C14H25NO2.C14H27NO2.2C13H23NO2/c1-5-10-18-13(11-12-8-6-7-9-12)14(17)16-15(2,3)4;1-6-7-17-12(9-11-8-10(11)2)13(16)15-14(3,4)5;1-5-9-17-12(10-11-7-6-8-11)13(16)15-14(2,3)4;1-8-9-17-11(10-13(2,3)4)12(16)15-14(5,6)7;1-5-8-16-11(9-10-6-7-10)12(15)14-13(2,3)4;1-7-8-16-11(9-10(2)3)12(15)14-13(4,5)6/h5,12-13H,1,6-11H2,2-4H3,(H,16,17);6,10-12H,1,7-9H2,2-5H3,(H,15,16);5,11-12H,1,6-10H2,2-4H3,(H,15,16);8,11H,1,9-10H2,2-7H3,(H,15,16);5,10-11H,1,6-9H2,2-4H3,(H,14,15);7,11H,1-2,8-9H2,3-6H3,(H,14,15). The van der Waals surface area contributed by atoms with Crippen LogP contribution >= 0.6 is 0 Å². The molecule has 0 aromatic carbocycles. The van der Waals surface area contributed by atoms with Gasteiger partial charge in [-0.3, -0.25) is 28.8 Å². The van der Waals surface area contributed by atoms with Crippen LogP contribution in [-0.2, 0) is 57.2 Å². The molecule has 4 saturated carbocycles. The Bertz CT molecular complexity index is 2420. The molecule has 8 atom stereocenters. The van der Waals surface area contributed by atoms with Gasteiger partial charge in [0.15, 0.2) is 0 Å². The van der Waals surface area contributed by atoms with Crippen LogP contribution in [0.1, 0.15) is 262 Å². The van der Waals surface area contributed by atoms with Crippen LogP contribution in [0.25, 0.3) is 0 Å². The quantitative estimate of drug-likeness (QED) is 0.0326. The zero-order chi connectivity index (χ0) is 78.2. The lowest BCUT2D eigenvalue weighted by Crippen LogP contribution is -2.47. The largest absolute Gasteiger partial charge is 0.364 e. The molecule has 0 heterocycles. The van der Waals surface area contributed by atoms with Gasteiger partial charge in [0.25, 0.3) is 0 Å². The Labute approximate surface area is 616 Å². The summed E-state index contributed by atoms with van der Waals surface area (Å²) in [5, 5.41) is 17.8. The molecule has 101 heavy (non-hydrogen) atoms. The minimum atomic E-state index is -0.477. The van der Waals surface area contributed by atoms with Crippen molar-refractivity contribution in [1.82, 2.24) is 31.9 Å². The van der Waals surface area contributed by atoms with E-state index in [1.165, 1.54) is 64.2 Å². The van der Waals surface area contributed by atoms with Gasteiger partial charge in [-0.25, -0.2) is 0 Å². The minimum absolute atomic E-state index is 0.00116. The van der Waals surface area contributed by atoms with Gasteiger partial charge in [-0.15, -0.1) is 46.1 Å². The molecule has 0 radical (unpaired) electrons. The van der Waals surface area contributed by atoms with Gasteiger partial charge in [0.2, 0.25) is 35.4 Å². The topological polar surface area (TPSA) is 230 Å². The summed E-state index contributed by atoms with van der Waals surface area (Å²) in [6.45, 7) is 73.9. The molecule has 0 aliphatic heterocycles. The highest BCUT2D eigenvalue weighted by Crippen LogP contribution is 2.42. The van der Waals surface area contributed by atoms with Crippen LogP contribution in [0.15, 0.2) is 88.1 Å². The Morgan fingerprint density at radius 2 is 0.574 bits per heavy atom. The predicted molar refractivity (Wildman–Crippen MR) is 418 cm³/mol. The summed E-state index contributed by atoms with van der Waals surface area (Å²) in [7, 11) is 0. The number of hydrogen-bond donors (Lipinski definition) is 6. The lowest BCUT2D eigenvalue weighted by atomic mass is 9.81. The smallest absolute Gasteiger partial charge is 0.249 e. The minimum Gasteiger partial charge on any atom is -0.364 e. The average molecular weight is 1420 g/mol. The Morgan fingerprint density at radius 3 is 0.782 bits per heavy atom. The van der Waals surface area contributed by atoms with Crippen molar-refractivity contribution in [1.29, 1.82) is 0 Å². The van der Waals surface area contributed by atoms with Gasteiger partial charge in [-0.1, -0.05) is 128 Å². The molecule has 4 rings (SSSR count). The maximum Gasteiger partial charge on any atom is 0.249 e. The number of nitrogens with one attached hydrogen (secondary N) is 6. The molecule has 4 aliphatic carbocycles. The summed E-state index contributed by atoms with van der Waals surface area (Å²) in [5.41, 5.74) is -0.306. The van der Waals surface area contributed by atoms with Crippen molar-refractivity contribution in [2.75, 3.05) is 39.6 Å². The number of hydrogen-bond acceptors (Lipinski definition) is 12. The van der Waals surface area contributed by atoms with Gasteiger partial charge in [0.1, 0.15) is 36.6 Å². The first-order chi connectivity index (χ1) is 46.4. The van der Waals surface area contributed by atoms with E-state index in [0.29, 0.717) is 76.2 Å². The summed E-state index contributed by atoms with van der Waals surface area (Å²) >= 11 is 0. The van der Waals surface area contributed by atoms with Gasteiger partial charge in [-0.2, -0.15) is 0 Å². The number of rotatable bonds is 35. The second-order valence-electron chi connectivity index (χ2n) is 35.3. The van der Waals surface area contributed by atoms with Crippen molar-refractivity contribution in [2.45, 2.75) is 332 Å². The van der Waals surface area contributed by atoms with Crippen LogP contribution in [0, 0.1) is 35.0 Å². The Morgan fingerprint density at radius 1 is 0.356 bits per heavy atom. The lowest BCUT2D eigenvalue weighted by molar-refractivity contribution is -0.136. The SMILES string of the molecule is C=CCOC(CC(=C)C)C(=O)NC(C)(C)C.C=CCOC(CC(C)(C)C)C(=O)NC(C)(C)C.C=CCOC(CC1CC1)C(=O)NC(C)(C)C.C=CCOC(CC1CC1C)C(=O)NC(C)(C)C.C=CCOC(CC1CCC1)C(=O)NC(C)(C)C.C=CCOC(CC1CCCC1)C(=O)NC(C)(C)C. The van der Waals surface area contributed by atoms with E-state index in [2.05, 4.69) is 106 Å². The maximum atomic E-state index is 12.2. The van der Waals surface area contributed by atoms with Crippen LogP contribution in [0.2, 0.25) is 0 Å². The highest BCUT2D eigenvalue weighted by Gasteiger charge is 2.38. The van der Waals surface area contributed by atoms with Crippen LogP contribution < -0.4 is 31.9 Å². The molecule has 8 unspecified atom stereocenters. The first-order valence-electron chi connectivity index (χ1n) is 37.3. The third kappa shape index (κ3) is 56.8. The van der Waals surface area contributed by atoms with Gasteiger partial charge < -0.3 is 60.3 Å². The fourth-order valence-corrected chi connectivity index (χ4v) is 10.4. The summed E-state index contributed by atoms with van der Waals surface area (Å²) in [6.07, 6.45) is 25.0. The molecule has 0 saturated heterocycles. The Hall–Kier alpha value is -5.24. The van der Waals surface area contributed by atoms with E-state index in [0.717, 1.165) is 37.2 Å². The molecule has 0 bridgehead atoms. The molecular weight excluding hydrogens is 1270 g/mol. The fraction of sp³-hybridized carbons (Fsp3) is 0.759. The highest BCUT2D eigenvalue weighted by molar-refractivity contribution is 5.84. The van der Waals surface area contributed by atoms with E-state index >= 15 is 0 Å². The van der Waals surface area contributed by atoms with E-state index in [9.17, 15) is 28.8 Å². The second-order valence-corrected chi connectivity index (χ2v) is 35.3. The van der Waals surface area contributed by atoms with Crippen LogP contribution in [0.5, 0.6) is 0 Å². The third-order valence-electron chi connectivity index (χ3n) is 15.4. The molecule has 0 aromatic heterocycles. The van der Waals surface area contributed by atoms with Crippen LogP contribution in [-0.4, -0.2) is 145 Å². The summed E-state index contributed by atoms with van der Waals surface area (Å²) in [6, 6.07) is 0. The fourth-order valence-electron chi connectivity index (χ4n) is 10.4. The van der Waals surface area contributed by atoms with E-state index in [1.54, 1.807) is 36.5 Å². The van der Waals surface area contributed by atoms with Crippen molar-refractivity contribution in [3.05, 3.63) is 88.1 Å². The lowest BCUT2D eigenvalue weighted by Gasteiger charge is -2.31. The van der Waals surface area contributed by atoms with Crippen molar-refractivity contribution in [3.63, 3.8) is 0 Å². The first kappa shape index (κ1) is 97.8. The Kier molecular flexibility index (Phi) is 47.2. The zero-order valence-electron chi connectivity index (χ0n) is 68.2. The van der Waals surface area contributed by atoms with Crippen molar-refractivity contribution in [2.24, 2.45) is 35.0 Å². The third-order valence-corrected chi connectivity index (χ3v) is 15.4. The van der Waals surface area contributed by atoms with E-state index in [4.69, 9.17) is 28.4 Å².